The number of carbonyl (C=O) groups is 2. The first kappa shape index (κ1) is 31.1. The number of fused-ring (bicyclic) bond motifs is 8. The van der Waals surface area contributed by atoms with E-state index in [1.54, 1.807) is 0 Å². The van der Waals surface area contributed by atoms with Gasteiger partial charge in [0.05, 0.1) is 28.3 Å². The van der Waals surface area contributed by atoms with Gasteiger partial charge in [-0.1, -0.05) is 54.3 Å². The zero-order valence-electron chi connectivity index (χ0n) is 24.9. The summed E-state index contributed by atoms with van der Waals surface area (Å²) in [6, 6.07) is 5.86. The van der Waals surface area contributed by atoms with E-state index in [-0.39, 0.29) is 44.3 Å². The molecule has 219 valence electrons. The van der Waals surface area contributed by atoms with Crippen molar-refractivity contribution in [2.45, 2.75) is 74.1 Å². The maximum atomic E-state index is 12.9. The fourth-order valence-corrected chi connectivity index (χ4v) is 5.90. The Labute approximate surface area is 258 Å². The molecule has 0 fully saturated rings. The summed E-state index contributed by atoms with van der Waals surface area (Å²) in [7, 11) is 0. The van der Waals surface area contributed by atoms with Crippen LogP contribution < -0.4 is 9.97 Å². The van der Waals surface area contributed by atoms with E-state index in [0.29, 0.717) is 22.5 Å². The molecular formula is C33H34N4O4Re-2. The minimum absolute atomic E-state index is 0. The number of aryl methyl sites for hydroxylation is 4. The van der Waals surface area contributed by atoms with Gasteiger partial charge in [-0.15, -0.1) is 22.1 Å². The normalized spacial score (nSPS) is 13.0. The Bertz CT molecular complexity index is 1870. The fourth-order valence-electron chi connectivity index (χ4n) is 5.90. The van der Waals surface area contributed by atoms with E-state index >= 15 is 0 Å². The van der Waals surface area contributed by atoms with Crippen molar-refractivity contribution in [1.82, 2.24) is 19.9 Å². The average Bonchev–Trinajstić information content (AvgIpc) is 3.57. The van der Waals surface area contributed by atoms with Crippen LogP contribution in [0.3, 0.4) is 0 Å². The second kappa shape index (κ2) is 11.8. The third-order valence-electron chi connectivity index (χ3n) is 8.47. The smallest absolute Gasteiger partial charge is 0.336 e. The Morgan fingerprint density at radius 3 is 1.95 bits per heavy atom. The topological polar surface area (TPSA) is 129 Å². The third-order valence-corrected chi connectivity index (χ3v) is 8.47. The maximum absolute atomic E-state index is 12.9. The molecule has 5 rings (SSSR count). The monoisotopic (exact) mass is 737 g/mol. The Hall–Kier alpha value is -3.80. The van der Waals surface area contributed by atoms with E-state index < -0.39 is 11.9 Å². The van der Waals surface area contributed by atoms with Gasteiger partial charge >= 0.3 is 11.9 Å². The molecule has 3 aromatic heterocycles. The Kier molecular flexibility index (Phi) is 8.77. The molecule has 8 nitrogen and oxygen atoms in total. The number of hydrogen-bond acceptors (Lipinski definition) is 4. The Morgan fingerprint density at radius 2 is 1.33 bits per heavy atom. The summed E-state index contributed by atoms with van der Waals surface area (Å²) < 4.78 is 0. The molecule has 0 saturated heterocycles. The van der Waals surface area contributed by atoms with Crippen LogP contribution in [0.25, 0.3) is 44.4 Å². The van der Waals surface area contributed by atoms with Crippen molar-refractivity contribution in [1.29, 1.82) is 0 Å². The van der Waals surface area contributed by atoms with Crippen molar-refractivity contribution in [2.75, 3.05) is 0 Å². The molecule has 3 aromatic rings. The van der Waals surface area contributed by atoms with E-state index in [0.717, 1.165) is 74.2 Å². The SMILES string of the molecule is CCC1=C(C)c2cc3[n-]c(c(CCC(=O)O)c3C)c(C(=O)O)c3nc(cc4[n-]c(cc1n2)c(C)c4CC)C(C)=C3C.[Re]. The molecule has 2 aliphatic rings. The third kappa shape index (κ3) is 5.16. The number of carboxylic acid groups (broad SMARTS) is 2. The van der Waals surface area contributed by atoms with E-state index in [1.165, 1.54) is 0 Å². The summed E-state index contributed by atoms with van der Waals surface area (Å²) in [5.74, 6) is -2.12. The maximum Gasteiger partial charge on any atom is 0.336 e. The van der Waals surface area contributed by atoms with E-state index in [4.69, 9.17) is 19.9 Å². The summed E-state index contributed by atoms with van der Waals surface area (Å²) in [6.45, 7) is 14.0. The van der Waals surface area contributed by atoms with Crippen LogP contribution in [0, 0.1) is 13.8 Å². The van der Waals surface area contributed by atoms with Gasteiger partial charge < -0.3 is 20.2 Å². The fraction of sp³-hybridized carbons (Fsp3) is 0.333. The van der Waals surface area contributed by atoms with Gasteiger partial charge in [-0.25, -0.2) is 14.8 Å². The minimum atomic E-state index is -1.16. The summed E-state index contributed by atoms with van der Waals surface area (Å²) in [6.07, 6.45) is 1.58. The molecule has 1 radical (unpaired) electrons. The van der Waals surface area contributed by atoms with Crippen LogP contribution in [-0.2, 0) is 38.1 Å². The second-order valence-electron chi connectivity index (χ2n) is 10.7. The zero-order chi connectivity index (χ0) is 29.7. The van der Waals surface area contributed by atoms with Crippen LogP contribution >= 0.6 is 0 Å². The van der Waals surface area contributed by atoms with Crippen molar-refractivity contribution >= 4 is 56.3 Å². The first-order valence-corrected chi connectivity index (χ1v) is 14.0. The van der Waals surface area contributed by atoms with Crippen LogP contribution in [0.5, 0.6) is 0 Å². The minimum Gasteiger partial charge on any atom is -0.657 e. The molecule has 0 aromatic carbocycles. The number of nitrogens with zero attached hydrogens (tertiary/aromatic N) is 4. The summed E-state index contributed by atoms with van der Waals surface area (Å²) in [5.41, 5.74) is 12.4. The molecule has 9 heteroatoms. The number of hydrogen-bond donors (Lipinski definition) is 2. The molecule has 5 heterocycles. The molecule has 8 bridgehead atoms. The zero-order valence-corrected chi connectivity index (χ0v) is 27.7. The van der Waals surface area contributed by atoms with Gasteiger partial charge in [-0.2, -0.15) is 0 Å². The average molecular weight is 737 g/mol. The van der Waals surface area contributed by atoms with Crippen molar-refractivity contribution in [3.8, 4) is 0 Å². The summed E-state index contributed by atoms with van der Waals surface area (Å²) >= 11 is 0. The van der Waals surface area contributed by atoms with Gasteiger partial charge in [0.15, 0.2) is 0 Å². The van der Waals surface area contributed by atoms with Crippen LogP contribution in [0.4, 0.5) is 0 Å². The van der Waals surface area contributed by atoms with Crippen molar-refractivity contribution in [3.63, 3.8) is 0 Å². The molecule has 2 N–H and O–H groups in total. The number of allylic oxidation sites excluding steroid dienone is 4. The van der Waals surface area contributed by atoms with E-state index in [9.17, 15) is 19.8 Å². The van der Waals surface area contributed by atoms with Gasteiger partial charge in [0, 0.05) is 26.8 Å². The molecule has 42 heavy (non-hydrogen) atoms. The van der Waals surface area contributed by atoms with Crippen molar-refractivity contribution in [2.24, 2.45) is 0 Å². The van der Waals surface area contributed by atoms with Crippen molar-refractivity contribution < 1.29 is 40.2 Å². The second-order valence-corrected chi connectivity index (χ2v) is 10.7. The molecule has 0 atom stereocenters. The van der Waals surface area contributed by atoms with E-state index in [1.807, 2.05) is 45.9 Å². The largest absolute Gasteiger partial charge is 0.657 e. The van der Waals surface area contributed by atoms with Crippen LogP contribution in [0.1, 0.15) is 103 Å². The van der Waals surface area contributed by atoms with Crippen LogP contribution in [0.2, 0.25) is 0 Å². The quantitative estimate of drug-likeness (QED) is 0.284. The van der Waals surface area contributed by atoms with E-state index in [2.05, 4.69) is 20.8 Å². The number of aliphatic carboxylic acids is 1. The molecular weight excluding hydrogens is 703 g/mol. The summed E-state index contributed by atoms with van der Waals surface area (Å²) in [4.78, 5) is 44.0. The Morgan fingerprint density at radius 1 is 0.738 bits per heavy atom. The number of rotatable bonds is 6. The van der Waals surface area contributed by atoms with Crippen molar-refractivity contribution in [3.05, 3.63) is 68.8 Å². The van der Waals surface area contributed by atoms with Gasteiger partial charge in [0.1, 0.15) is 0 Å². The molecule has 0 spiro atoms. The number of aromatic nitrogens is 4. The molecule has 2 aliphatic heterocycles. The molecule has 0 saturated carbocycles. The Balaban J connectivity index is 0.00000405. The number of aromatic carboxylic acids is 1. The molecule has 0 amide bonds. The van der Waals surface area contributed by atoms with Crippen LogP contribution in [0.15, 0.2) is 18.2 Å². The standard InChI is InChI=1S/C33H36N4O4.Re/c1-8-20-17(5)24-12-26-19(7)22(10-11-29(38)39)32(37-26)30(33(40)41)31-16(4)15(3)23(36-31)13-27-21(9-2)18(6)25(35-27)14-28(20)34-24;/h12-14H,8-11H2,1-7H3,(H4,34,35,36,37,38,39,40,41);/p-2. The van der Waals surface area contributed by atoms with Gasteiger partial charge in [0.2, 0.25) is 0 Å². The molecule has 0 aliphatic carbocycles. The predicted octanol–water partition coefficient (Wildman–Crippen LogP) is 6.76. The van der Waals surface area contributed by atoms with Gasteiger partial charge in [-0.05, 0) is 76.2 Å². The number of carboxylic acids is 2. The van der Waals surface area contributed by atoms with Gasteiger partial charge in [0.25, 0.3) is 0 Å². The first-order valence-electron chi connectivity index (χ1n) is 14.0. The predicted molar refractivity (Wildman–Crippen MR) is 162 cm³/mol. The summed E-state index contributed by atoms with van der Waals surface area (Å²) in [5, 5.41) is 20.0. The first-order chi connectivity index (χ1) is 19.5. The van der Waals surface area contributed by atoms with Crippen LogP contribution in [-0.4, -0.2) is 32.1 Å². The van der Waals surface area contributed by atoms with Gasteiger partial charge in [-0.3, -0.25) is 4.79 Å². The molecule has 0 unspecified atom stereocenters.